The zero-order chi connectivity index (χ0) is 15.0. The number of sulfone groups is 1. The maximum absolute atomic E-state index is 12.2. The lowest BCUT2D eigenvalue weighted by Gasteiger charge is -2.11. The van der Waals surface area contributed by atoms with Crippen LogP contribution in [0.5, 0.6) is 5.75 Å². The van der Waals surface area contributed by atoms with E-state index in [1.165, 1.54) is 7.11 Å². The predicted molar refractivity (Wildman–Crippen MR) is 82.0 cm³/mol. The van der Waals surface area contributed by atoms with Gasteiger partial charge in [-0.15, -0.1) is 0 Å². The van der Waals surface area contributed by atoms with Crippen LogP contribution in [0.15, 0.2) is 29.2 Å². The zero-order valence-corrected chi connectivity index (χ0v) is 13.4. The van der Waals surface area contributed by atoms with Crippen LogP contribution in [0, 0.1) is 0 Å². The van der Waals surface area contributed by atoms with Gasteiger partial charge in [0, 0.05) is 6.04 Å². The molecule has 0 saturated carbocycles. The summed E-state index contributed by atoms with van der Waals surface area (Å²) in [7, 11) is -1.67. The highest BCUT2D eigenvalue weighted by Crippen LogP contribution is 2.19. The largest absolute Gasteiger partial charge is 0.497 e. The number of ether oxygens (including phenoxy) is 1. The third-order valence-corrected chi connectivity index (χ3v) is 5.05. The summed E-state index contributed by atoms with van der Waals surface area (Å²) in [6.45, 7) is 5.15. The lowest BCUT2D eigenvalue weighted by Crippen LogP contribution is -2.25. The molecule has 0 aliphatic rings. The number of benzene rings is 1. The minimum absolute atomic E-state index is 0.193. The second kappa shape index (κ2) is 8.27. The van der Waals surface area contributed by atoms with Crippen molar-refractivity contribution in [2.45, 2.75) is 44.0 Å². The van der Waals surface area contributed by atoms with Crippen LogP contribution in [0.25, 0.3) is 0 Å². The molecule has 1 aromatic rings. The van der Waals surface area contributed by atoms with Gasteiger partial charge in [-0.05, 0) is 44.5 Å². The van der Waals surface area contributed by atoms with Crippen LogP contribution in [-0.2, 0) is 9.84 Å². The summed E-state index contributed by atoms with van der Waals surface area (Å²) in [5.41, 5.74) is 0. The molecule has 0 aliphatic heterocycles. The Hall–Kier alpha value is -1.07. The Morgan fingerprint density at radius 2 is 2.05 bits per heavy atom. The van der Waals surface area contributed by atoms with E-state index in [1.54, 1.807) is 24.3 Å². The van der Waals surface area contributed by atoms with Crippen molar-refractivity contribution in [1.29, 1.82) is 0 Å². The SMILES string of the molecule is CCNC(C)CCCCS(=O)(=O)c1cccc(OC)c1. The van der Waals surface area contributed by atoms with E-state index in [1.807, 2.05) is 0 Å². The molecular weight excluding hydrogens is 274 g/mol. The topological polar surface area (TPSA) is 55.4 Å². The first-order valence-corrected chi connectivity index (χ1v) is 8.75. The molecule has 1 atom stereocenters. The number of rotatable bonds is 9. The lowest BCUT2D eigenvalue weighted by molar-refractivity contribution is 0.413. The normalized spacial score (nSPS) is 13.2. The number of hydrogen-bond acceptors (Lipinski definition) is 4. The average Bonchev–Trinajstić information content (AvgIpc) is 2.44. The molecule has 0 fully saturated rings. The highest BCUT2D eigenvalue weighted by Gasteiger charge is 2.14. The van der Waals surface area contributed by atoms with Crippen molar-refractivity contribution in [3.63, 3.8) is 0 Å². The summed E-state index contributed by atoms with van der Waals surface area (Å²) >= 11 is 0. The first-order chi connectivity index (χ1) is 9.49. The molecule has 1 unspecified atom stereocenters. The summed E-state index contributed by atoms with van der Waals surface area (Å²) in [6, 6.07) is 7.10. The van der Waals surface area contributed by atoms with Gasteiger partial charge in [0.15, 0.2) is 9.84 Å². The quantitative estimate of drug-likeness (QED) is 0.712. The second-order valence-electron chi connectivity index (χ2n) is 4.95. The maximum atomic E-state index is 12.2. The Morgan fingerprint density at radius 3 is 2.70 bits per heavy atom. The molecule has 1 rings (SSSR count). The van der Waals surface area contributed by atoms with Crippen LogP contribution in [0.2, 0.25) is 0 Å². The van der Waals surface area contributed by atoms with Crippen LogP contribution in [-0.4, -0.2) is 33.9 Å². The van der Waals surface area contributed by atoms with E-state index in [0.29, 0.717) is 23.1 Å². The lowest BCUT2D eigenvalue weighted by atomic mass is 10.1. The summed E-state index contributed by atoms with van der Waals surface area (Å²) in [5.74, 6) is 0.769. The van der Waals surface area contributed by atoms with E-state index in [2.05, 4.69) is 19.2 Å². The molecule has 0 spiro atoms. The van der Waals surface area contributed by atoms with Gasteiger partial charge in [0.05, 0.1) is 17.8 Å². The predicted octanol–water partition coefficient (Wildman–Crippen LogP) is 2.64. The van der Waals surface area contributed by atoms with E-state index < -0.39 is 9.84 Å². The third-order valence-electron chi connectivity index (χ3n) is 3.25. The monoisotopic (exact) mass is 299 g/mol. The second-order valence-corrected chi connectivity index (χ2v) is 7.06. The minimum Gasteiger partial charge on any atom is -0.497 e. The van der Waals surface area contributed by atoms with Crippen molar-refractivity contribution in [2.75, 3.05) is 19.4 Å². The maximum Gasteiger partial charge on any atom is 0.178 e. The van der Waals surface area contributed by atoms with Gasteiger partial charge in [-0.1, -0.05) is 19.4 Å². The van der Waals surface area contributed by atoms with Gasteiger partial charge in [0.2, 0.25) is 0 Å². The van der Waals surface area contributed by atoms with Crippen LogP contribution >= 0.6 is 0 Å². The standard InChI is InChI=1S/C15H25NO3S/c1-4-16-13(2)8-5-6-11-20(17,18)15-10-7-9-14(12-15)19-3/h7,9-10,12-13,16H,4-6,8,11H2,1-3H3. The Bertz CT molecular complexity index is 500. The molecule has 0 heterocycles. The van der Waals surface area contributed by atoms with Gasteiger partial charge >= 0.3 is 0 Å². The smallest absolute Gasteiger partial charge is 0.178 e. The molecule has 0 amide bonds. The van der Waals surface area contributed by atoms with Gasteiger partial charge < -0.3 is 10.1 Å². The van der Waals surface area contributed by atoms with E-state index in [-0.39, 0.29) is 5.75 Å². The van der Waals surface area contributed by atoms with Gasteiger partial charge in [-0.3, -0.25) is 0 Å². The molecule has 0 aromatic heterocycles. The molecule has 0 radical (unpaired) electrons. The molecule has 4 nitrogen and oxygen atoms in total. The summed E-state index contributed by atoms with van der Waals surface area (Å²) < 4.78 is 29.5. The van der Waals surface area contributed by atoms with E-state index in [4.69, 9.17) is 4.74 Å². The summed E-state index contributed by atoms with van der Waals surface area (Å²) in [6.07, 6.45) is 2.61. The molecule has 0 bridgehead atoms. The molecule has 5 heteroatoms. The molecule has 1 N–H and O–H groups in total. The number of methoxy groups -OCH3 is 1. The Labute approximate surface area is 122 Å². The average molecular weight is 299 g/mol. The number of nitrogens with one attached hydrogen (secondary N) is 1. The molecule has 1 aromatic carbocycles. The molecule has 0 saturated heterocycles. The van der Waals surface area contributed by atoms with Crippen molar-refractivity contribution in [1.82, 2.24) is 5.32 Å². The van der Waals surface area contributed by atoms with Crippen LogP contribution in [0.4, 0.5) is 0 Å². The van der Waals surface area contributed by atoms with Crippen LogP contribution < -0.4 is 10.1 Å². The molecule has 20 heavy (non-hydrogen) atoms. The van der Waals surface area contributed by atoms with Gasteiger partial charge in [0.1, 0.15) is 5.75 Å². The fourth-order valence-corrected chi connectivity index (χ4v) is 3.51. The van der Waals surface area contributed by atoms with Crippen molar-refractivity contribution in [2.24, 2.45) is 0 Å². The van der Waals surface area contributed by atoms with E-state index in [9.17, 15) is 8.42 Å². The minimum atomic E-state index is -3.20. The molecular formula is C15H25NO3S. The van der Waals surface area contributed by atoms with Crippen LogP contribution in [0.3, 0.4) is 0 Å². The van der Waals surface area contributed by atoms with Gasteiger partial charge in [-0.2, -0.15) is 0 Å². The first-order valence-electron chi connectivity index (χ1n) is 7.09. The number of hydrogen-bond donors (Lipinski definition) is 1. The van der Waals surface area contributed by atoms with Crippen molar-refractivity contribution in [3.05, 3.63) is 24.3 Å². The Balaban J connectivity index is 2.49. The Kier molecular flexibility index (Phi) is 7.02. The Morgan fingerprint density at radius 1 is 1.30 bits per heavy atom. The van der Waals surface area contributed by atoms with Crippen molar-refractivity contribution >= 4 is 9.84 Å². The summed E-state index contributed by atoms with van der Waals surface area (Å²) in [5, 5.41) is 3.32. The van der Waals surface area contributed by atoms with E-state index >= 15 is 0 Å². The van der Waals surface area contributed by atoms with Gasteiger partial charge in [0.25, 0.3) is 0 Å². The van der Waals surface area contributed by atoms with Crippen molar-refractivity contribution in [3.8, 4) is 5.75 Å². The molecule has 114 valence electrons. The fraction of sp³-hybridized carbons (Fsp3) is 0.600. The van der Waals surface area contributed by atoms with E-state index in [0.717, 1.165) is 19.4 Å². The first kappa shape index (κ1) is 17.0. The van der Waals surface area contributed by atoms with Crippen LogP contribution in [0.1, 0.15) is 33.1 Å². The highest BCUT2D eigenvalue weighted by molar-refractivity contribution is 7.91. The highest BCUT2D eigenvalue weighted by atomic mass is 32.2. The zero-order valence-electron chi connectivity index (χ0n) is 12.6. The van der Waals surface area contributed by atoms with Gasteiger partial charge in [-0.25, -0.2) is 8.42 Å². The van der Waals surface area contributed by atoms with Crippen molar-refractivity contribution < 1.29 is 13.2 Å². The fourth-order valence-electron chi connectivity index (χ4n) is 2.11. The third kappa shape index (κ3) is 5.51. The molecule has 0 aliphatic carbocycles. The number of unbranched alkanes of at least 4 members (excludes halogenated alkanes) is 1. The summed E-state index contributed by atoms with van der Waals surface area (Å²) in [4.78, 5) is 0.344.